The summed E-state index contributed by atoms with van der Waals surface area (Å²) in [6, 6.07) is 12.4. The van der Waals surface area contributed by atoms with Crippen LogP contribution in [-0.2, 0) is 11.3 Å². The molecule has 0 unspecified atom stereocenters. The molecule has 0 aliphatic carbocycles. The highest BCUT2D eigenvalue weighted by atomic mass is 35.5. The third-order valence-corrected chi connectivity index (χ3v) is 4.56. The van der Waals surface area contributed by atoms with Crippen LogP contribution in [-0.4, -0.2) is 20.3 Å². The molecule has 0 bridgehead atoms. The molecule has 2 aromatic carbocycles. The smallest absolute Gasteiger partial charge is 0.137 e. The van der Waals surface area contributed by atoms with Crippen LogP contribution in [0.4, 0.5) is 4.39 Å². The van der Waals surface area contributed by atoms with Crippen LogP contribution in [0.1, 0.15) is 5.56 Å². The maximum atomic E-state index is 13.8. The number of nitrogens with one attached hydrogen (secondary N) is 1. The molecule has 0 amide bonds. The summed E-state index contributed by atoms with van der Waals surface area (Å²) in [4.78, 5) is 1.46. The Hall–Kier alpha value is -1.07. The van der Waals surface area contributed by atoms with Gasteiger partial charge in [-0.25, -0.2) is 4.39 Å². The summed E-state index contributed by atoms with van der Waals surface area (Å²) >= 11 is 7.63. The first kappa shape index (κ1) is 16.3. The number of benzene rings is 2. The molecule has 0 fully saturated rings. The molecule has 5 heteroatoms. The van der Waals surface area contributed by atoms with E-state index in [4.69, 9.17) is 16.3 Å². The average Bonchev–Trinajstić information content (AvgIpc) is 2.49. The van der Waals surface area contributed by atoms with Crippen molar-refractivity contribution in [2.75, 3.05) is 20.3 Å². The van der Waals surface area contributed by atoms with E-state index in [2.05, 4.69) is 5.32 Å². The first-order chi connectivity index (χ1) is 10.2. The van der Waals surface area contributed by atoms with E-state index >= 15 is 0 Å². The minimum Gasteiger partial charge on any atom is -0.383 e. The predicted octanol–water partition coefficient (Wildman–Crippen LogP) is 4.37. The van der Waals surface area contributed by atoms with E-state index in [0.717, 1.165) is 17.0 Å². The van der Waals surface area contributed by atoms with Crippen LogP contribution in [0.2, 0.25) is 5.02 Å². The van der Waals surface area contributed by atoms with Gasteiger partial charge in [0, 0.05) is 30.0 Å². The van der Waals surface area contributed by atoms with Gasteiger partial charge in [-0.2, -0.15) is 0 Å². The molecule has 112 valence electrons. The minimum absolute atomic E-state index is 0.235. The van der Waals surface area contributed by atoms with Gasteiger partial charge >= 0.3 is 0 Å². The van der Waals surface area contributed by atoms with E-state index in [1.165, 1.54) is 17.8 Å². The van der Waals surface area contributed by atoms with Crippen molar-refractivity contribution in [3.05, 3.63) is 58.9 Å². The number of hydrogen-bond donors (Lipinski definition) is 1. The maximum Gasteiger partial charge on any atom is 0.137 e. The van der Waals surface area contributed by atoms with Gasteiger partial charge in [-0.1, -0.05) is 47.6 Å². The van der Waals surface area contributed by atoms with E-state index < -0.39 is 0 Å². The second kappa shape index (κ2) is 8.39. The molecular formula is C16H17ClFNOS. The summed E-state index contributed by atoms with van der Waals surface area (Å²) in [6.45, 7) is 2.07. The third kappa shape index (κ3) is 4.71. The number of ether oxygens (including phenoxy) is 1. The molecule has 2 aromatic rings. The van der Waals surface area contributed by atoms with Crippen molar-refractivity contribution >= 4 is 23.4 Å². The Labute approximate surface area is 133 Å². The van der Waals surface area contributed by atoms with Gasteiger partial charge < -0.3 is 10.1 Å². The molecule has 0 aliphatic heterocycles. The Morgan fingerprint density at radius 3 is 2.76 bits per heavy atom. The minimum atomic E-state index is -0.235. The number of halogens is 2. The summed E-state index contributed by atoms with van der Waals surface area (Å²) in [6.07, 6.45) is 0. The van der Waals surface area contributed by atoms with Gasteiger partial charge in [0.15, 0.2) is 0 Å². The summed E-state index contributed by atoms with van der Waals surface area (Å²) < 4.78 is 18.8. The van der Waals surface area contributed by atoms with Crippen LogP contribution in [0.25, 0.3) is 0 Å². The second-order valence-electron chi connectivity index (χ2n) is 4.43. The van der Waals surface area contributed by atoms with Crippen LogP contribution in [0.5, 0.6) is 0 Å². The van der Waals surface area contributed by atoms with Gasteiger partial charge in [0.2, 0.25) is 0 Å². The Balaban J connectivity index is 2.16. The molecule has 0 saturated carbocycles. The topological polar surface area (TPSA) is 21.3 Å². The average molecular weight is 326 g/mol. The van der Waals surface area contributed by atoms with Gasteiger partial charge in [-0.3, -0.25) is 0 Å². The van der Waals surface area contributed by atoms with Crippen molar-refractivity contribution in [1.29, 1.82) is 0 Å². The lowest BCUT2D eigenvalue weighted by molar-refractivity contribution is 0.199. The number of rotatable bonds is 7. The summed E-state index contributed by atoms with van der Waals surface area (Å²) in [5.74, 6) is -0.235. The van der Waals surface area contributed by atoms with Gasteiger partial charge in [-0.05, 0) is 23.8 Å². The lowest BCUT2D eigenvalue weighted by atomic mass is 10.2. The molecule has 0 radical (unpaired) electrons. The fourth-order valence-electron chi connectivity index (χ4n) is 1.84. The van der Waals surface area contributed by atoms with Crippen LogP contribution in [0, 0.1) is 5.82 Å². The molecule has 0 aromatic heterocycles. The maximum absolute atomic E-state index is 13.8. The zero-order valence-electron chi connectivity index (χ0n) is 11.7. The van der Waals surface area contributed by atoms with Crippen LogP contribution in [0.15, 0.2) is 52.3 Å². The van der Waals surface area contributed by atoms with Crippen LogP contribution in [0.3, 0.4) is 0 Å². The predicted molar refractivity (Wildman–Crippen MR) is 85.6 cm³/mol. The van der Waals surface area contributed by atoms with E-state index in [-0.39, 0.29) is 5.82 Å². The molecule has 2 rings (SSSR count). The van der Waals surface area contributed by atoms with Crippen molar-refractivity contribution in [1.82, 2.24) is 5.32 Å². The molecule has 0 saturated heterocycles. The Morgan fingerprint density at radius 1 is 1.19 bits per heavy atom. The highest BCUT2D eigenvalue weighted by Crippen LogP contribution is 2.37. The molecule has 0 heterocycles. The lowest BCUT2D eigenvalue weighted by Crippen LogP contribution is -2.18. The zero-order chi connectivity index (χ0) is 15.1. The van der Waals surface area contributed by atoms with E-state index in [1.807, 2.05) is 24.3 Å². The van der Waals surface area contributed by atoms with Crippen LogP contribution < -0.4 is 5.32 Å². The van der Waals surface area contributed by atoms with Crippen molar-refractivity contribution in [2.24, 2.45) is 0 Å². The number of hydrogen-bond acceptors (Lipinski definition) is 3. The molecular weight excluding hydrogens is 309 g/mol. The number of methoxy groups -OCH3 is 1. The second-order valence-corrected chi connectivity index (χ2v) is 5.89. The Kier molecular flexibility index (Phi) is 6.51. The van der Waals surface area contributed by atoms with Gasteiger partial charge in [0.05, 0.1) is 11.6 Å². The summed E-state index contributed by atoms with van der Waals surface area (Å²) in [5.41, 5.74) is 1.05. The SMILES string of the molecule is COCCNCc1cccc(Cl)c1Sc1ccccc1F. The first-order valence-electron chi connectivity index (χ1n) is 6.62. The van der Waals surface area contributed by atoms with Crippen molar-refractivity contribution in [2.45, 2.75) is 16.3 Å². The van der Waals surface area contributed by atoms with Gasteiger partial charge in [-0.15, -0.1) is 0 Å². The van der Waals surface area contributed by atoms with E-state index in [1.54, 1.807) is 19.2 Å². The van der Waals surface area contributed by atoms with E-state index in [0.29, 0.717) is 23.1 Å². The molecule has 2 nitrogen and oxygen atoms in total. The van der Waals surface area contributed by atoms with Crippen molar-refractivity contribution < 1.29 is 9.13 Å². The molecule has 1 N–H and O–H groups in total. The molecule has 0 aliphatic rings. The van der Waals surface area contributed by atoms with Gasteiger partial charge in [0.1, 0.15) is 5.82 Å². The highest BCUT2D eigenvalue weighted by molar-refractivity contribution is 7.99. The van der Waals surface area contributed by atoms with Gasteiger partial charge in [0.25, 0.3) is 0 Å². The third-order valence-electron chi connectivity index (χ3n) is 2.90. The Morgan fingerprint density at radius 2 is 2.00 bits per heavy atom. The summed E-state index contributed by atoms with van der Waals surface area (Å²) in [5, 5.41) is 3.91. The fourth-order valence-corrected chi connectivity index (χ4v) is 3.12. The quantitative estimate of drug-likeness (QED) is 0.764. The Bertz CT molecular complexity index is 594. The van der Waals surface area contributed by atoms with Crippen LogP contribution >= 0.6 is 23.4 Å². The van der Waals surface area contributed by atoms with E-state index in [9.17, 15) is 4.39 Å². The lowest BCUT2D eigenvalue weighted by Gasteiger charge is -2.12. The molecule has 0 atom stereocenters. The molecule has 0 spiro atoms. The zero-order valence-corrected chi connectivity index (χ0v) is 13.3. The first-order valence-corrected chi connectivity index (χ1v) is 7.81. The monoisotopic (exact) mass is 325 g/mol. The van der Waals surface area contributed by atoms with Crippen molar-refractivity contribution in [3.63, 3.8) is 0 Å². The fraction of sp³-hybridized carbons (Fsp3) is 0.250. The molecule has 21 heavy (non-hydrogen) atoms. The van der Waals surface area contributed by atoms with Crippen molar-refractivity contribution in [3.8, 4) is 0 Å². The highest BCUT2D eigenvalue weighted by Gasteiger charge is 2.11. The standard InChI is InChI=1S/C16H17ClFNOS/c1-20-10-9-19-11-12-5-4-6-13(17)16(12)21-15-8-3-2-7-14(15)18/h2-8,19H,9-11H2,1H3. The summed E-state index contributed by atoms with van der Waals surface area (Å²) in [7, 11) is 1.67. The normalized spacial score (nSPS) is 10.8. The largest absolute Gasteiger partial charge is 0.383 e.